The van der Waals surface area contributed by atoms with Gasteiger partial charge >= 0.3 is 0 Å². The number of imidazole rings is 1. The van der Waals surface area contributed by atoms with Gasteiger partial charge in [0.1, 0.15) is 16.7 Å². The molecule has 0 unspecified atom stereocenters. The molecule has 20 heavy (non-hydrogen) atoms. The molecule has 102 valence electrons. The van der Waals surface area contributed by atoms with E-state index < -0.39 is 0 Å². The highest BCUT2D eigenvalue weighted by Crippen LogP contribution is 2.24. The van der Waals surface area contributed by atoms with E-state index in [1.54, 1.807) is 13.2 Å². The average molecular weight is 308 g/mol. The fourth-order valence-electron chi connectivity index (χ4n) is 1.97. The zero-order valence-corrected chi connectivity index (χ0v) is 12.2. The normalized spacial score (nSPS) is 10.9. The van der Waals surface area contributed by atoms with Gasteiger partial charge in [0.25, 0.3) is 0 Å². The van der Waals surface area contributed by atoms with E-state index in [0.29, 0.717) is 17.1 Å². The Labute approximate surface area is 125 Å². The zero-order chi connectivity index (χ0) is 14.1. The van der Waals surface area contributed by atoms with Crippen LogP contribution in [0.25, 0.3) is 11.2 Å². The number of aromatic nitrogens is 3. The van der Waals surface area contributed by atoms with Gasteiger partial charge in [-0.25, -0.2) is 9.97 Å². The van der Waals surface area contributed by atoms with E-state index >= 15 is 0 Å². The molecule has 0 fully saturated rings. The molecule has 2 heterocycles. The number of nitrogens with zero attached hydrogens (tertiary/aromatic N) is 2. The van der Waals surface area contributed by atoms with E-state index in [2.05, 4.69) is 15.0 Å². The molecule has 0 radical (unpaired) electrons. The predicted octanol–water partition coefficient (Wildman–Crippen LogP) is 3.86. The third kappa shape index (κ3) is 2.57. The van der Waals surface area contributed by atoms with Gasteiger partial charge in [0.15, 0.2) is 5.65 Å². The van der Waals surface area contributed by atoms with E-state index in [0.717, 1.165) is 22.7 Å². The van der Waals surface area contributed by atoms with Crippen molar-refractivity contribution in [2.75, 3.05) is 7.11 Å². The van der Waals surface area contributed by atoms with E-state index in [1.807, 2.05) is 24.3 Å². The third-order valence-corrected chi connectivity index (χ3v) is 3.64. The van der Waals surface area contributed by atoms with Crippen LogP contribution in [0.15, 0.2) is 30.3 Å². The Kier molecular flexibility index (Phi) is 3.51. The lowest BCUT2D eigenvalue weighted by molar-refractivity contribution is 0.414. The number of halogens is 2. The molecule has 1 aromatic carbocycles. The number of hydrogen-bond acceptors (Lipinski definition) is 3. The molecule has 3 rings (SSSR count). The summed E-state index contributed by atoms with van der Waals surface area (Å²) >= 11 is 11.8. The molecular formula is C14H11Cl2N3O. The number of rotatable bonds is 3. The first-order chi connectivity index (χ1) is 9.65. The van der Waals surface area contributed by atoms with Gasteiger partial charge in [0.2, 0.25) is 0 Å². The number of benzene rings is 1. The molecular weight excluding hydrogens is 297 g/mol. The van der Waals surface area contributed by atoms with Crippen LogP contribution in [-0.2, 0) is 6.42 Å². The quantitative estimate of drug-likeness (QED) is 0.747. The molecule has 0 atom stereocenters. The monoisotopic (exact) mass is 307 g/mol. The molecule has 0 saturated carbocycles. The van der Waals surface area contributed by atoms with Crippen LogP contribution in [0.1, 0.15) is 11.4 Å². The molecule has 2 aromatic heterocycles. The van der Waals surface area contributed by atoms with Gasteiger partial charge in [-0.3, -0.25) is 0 Å². The smallest absolute Gasteiger partial charge is 0.179 e. The van der Waals surface area contributed by atoms with Gasteiger partial charge < -0.3 is 9.72 Å². The van der Waals surface area contributed by atoms with Crippen LogP contribution < -0.4 is 4.74 Å². The van der Waals surface area contributed by atoms with Crippen molar-refractivity contribution >= 4 is 34.4 Å². The second-order valence-corrected chi connectivity index (χ2v) is 5.11. The van der Waals surface area contributed by atoms with Gasteiger partial charge in [-0.1, -0.05) is 35.3 Å². The highest BCUT2D eigenvalue weighted by atomic mass is 35.5. The highest BCUT2D eigenvalue weighted by molar-refractivity contribution is 6.41. The summed E-state index contributed by atoms with van der Waals surface area (Å²) in [6.07, 6.45) is 0.676. The van der Waals surface area contributed by atoms with Crippen molar-refractivity contribution in [2.24, 2.45) is 0 Å². The first-order valence-electron chi connectivity index (χ1n) is 5.99. The fraction of sp³-hybridized carbons (Fsp3) is 0.143. The van der Waals surface area contributed by atoms with Crippen LogP contribution in [0.3, 0.4) is 0 Å². The summed E-state index contributed by atoms with van der Waals surface area (Å²) in [4.78, 5) is 11.7. The molecule has 4 nitrogen and oxygen atoms in total. The number of pyridine rings is 1. The number of H-pyrrole nitrogens is 1. The van der Waals surface area contributed by atoms with Crippen LogP contribution in [0.5, 0.6) is 5.75 Å². The second-order valence-electron chi connectivity index (χ2n) is 4.34. The number of fused-ring (bicyclic) bond motifs is 1. The fourth-order valence-corrected chi connectivity index (χ4v) is 2.25. The van der Waals surface area contributed by atoms with Crippen molar-refractivity contribution in [1.82, 2.24) is 15.0 Å². The van der Waals surface area contributed by atoms with E-state index in [-0.39, 0.29) is 5.15 Å². The lowest BCUT2D eigenvalue weighted by Crippen LogP contribution is -1.91. The van der Waals surface area contributed by atoms with Crippen LogP contribution >= 0.6 is 23.2 Å². The summed E-state index contributed by atoms with van der Waals surface area (Å²) in [7, 11) is 1.65. The Morgan fingerprint density at radius 3 is 2.60 bits per heavy atom. The lowest BCUT2D eigenvalue weighted by atomic mass is 10.1. The minimum absolute atomic E-state index is 0.265. The van der Waals surface area contributed by atoms with Gasteiger partial charge in [0, 0.05) is 6.42 Å². The standard InChI is InChI=1S/C14H11Cl2N3O/c1-20-9-4-2-8(3-5-9)6-12-17-11-7-10(15)13(16)19-14(11)18-12/h2-5,7H,6H2,1H3,(H,17,18,19). The van der Waals surface area contributed by atoms with Crippen LogP contribution in [0.4, 0.5) is 0 Å². The maximum atomic E-state index is 5.93. The van der Waals surface area contributed by atoms with Crippen molar-refractivity contribution in [3.8, 4) is 5.75 Å². The molecule has 0 aliphatic rings. The Balaban J connectivity index is 1.90. The molecule has 1 N–H and O–H groups in total. The van der Waals surface area contributed by atoms with Crippen molar-refractivity contribution in [3.63, 3.8) is 0 Å². The molecule has 3 aromatic rings. The zero-order valence-electron chi connectivity index (χ0n) is 10.7. The van der Waals surface area contributed by atoms with E-state index in [9.17, 15) is 0 Å². The number of ether oxygens (including phenoxy) is 1. The van der Waals surface area contributed by atoms with Crippen molar-refractivity contribution in [3.05, 3.63) is 51.9 Å². The van der Waals surface area contributed by atoms with E-state index in [4.69, 9.17) is 27.9 Å². The van der Waals surface area contributed by atoms with Crippen LogP contribution in [0.2, 0.25) is 10.2 Å². The number of hydrogen-bond donors (Lipinski definition) is 1. The molecule has 0 aliphatic heterocycles. The predicted molar refractivity (Wildman–Crippen MR) is 79.7 cm³/mol. The molecule has 0 spiro atoms. The number of methoxy groups -OCH3 is 1. The number of aromatic amines is 1. The summed E-state index contributed by atoms with van der Waals surface area (Å²) in [6, 6.07) is 9.57. The SMILES string of the molecule is COc1ccc(Cc2nc3nc(Cl)c(Cl)cc3[nH]2)cc1. The largest absolute Gasteiger partial charge is 0.497 e. The van der Waals surface area contributed by atoms with Crippen molar-refractivity contribution in [2.45, 2.75) is 6.42 Å². The topological polar surface area (TPSA) is 50.8 Å². The molecule has 0 bridgehead atoms. The van der Waals surface area contributed by atoms with Gasteiger partial charge in [0.05, 0.1) is 17.6 Å². The average Bonchev–Trinajstić information content (AvgIpc) is 2.81. The highest BCUT2D eigenvalue weighted by Gasteiger charge is 2.08. The van der Waals surface area contributed by atoms with E-state index in [1.165, 1.54) is 0 Å². The summed E-state index contributed by atoms with van der Waals surface area (Å²) in [5.74, 6) is 1.65. The lowest BCUT2D eigenvalue weighted by Gasteiger charge is -2.01. The molecule has 0 aliphatic carbocycles. The summed E-state index contributed by atoms with van der Waals surface area (Å²) in [6.45, 7) is 0. The van der Waals surface area contributed by atoms with Gasteiger partial charge in [-0.05, 0) is 23.8 Å². The van der Waals surface area contributed by atoms with Gasteiger partial charge in [-0.2, -0.15) is 0 Å². The maximum Gasteiger partial charge on any atom is 0.179 e. The van der Waals surface area contributed by atoms with Crippen molar-refractivity contribution < 1.29 is 4.74 Å². The summed E-state index contributed by atoms with van der Waals surface area (Å²) in [5, 5.41) is 0.681. The maximum absolute atomic E-state index is 5.93. The first kappa shape index (κ1) is 13.2. The van der Waals surface area contributed by atoms with Crippen molar-refractivity contribution in [1.29, 1.82) is 0 Å². The summed E-state index contributed by atoms with van der Waals surface area (Å²) in [5.41, 5.74) is 2.48. The Bertz CT molecular complexity index is 714. The minimum atomic E-state index is 0.265. The minimum Gasteiger partial charge on any atom is -0.497 e. The Hall–Kier alpha value is -1.78. The van der Waals surface area contributed by atoms with Crippen LogP contribution in [0, 0.1) is 0 Å². The second kappa shape index (κ2) is 5.31. The third-order valence-electron chi connectivity index (χ3n) is 2.96. The van der Waals surface area contributed by atoms with Crippen LogP contribution in [-0.4, -0.2) is 22.1 Å². The van der Waals surface area contributed by atoms with Gasteiger partial charge in [-0.15, -0.1) is 0 Å². The summed E-state index contributed by atoms with van der Waals surface area (Å²) < 4.78 is 5.13. The molecule has 6 heteroatoms. The number of nitrogens with one attached hydrogen (secondary N) is 1. The Morgan fingerprint density at radius 2 is 1.90 bits per heavy atom. The first-order valence-corrected chi connectivity index (χ1v) is 6.75. The molecule has 0 amide bonds. The Morgan fingerprint density at radius 1 is 1.15 bits per heavy atom. The molecule has 0 saturated heterocycles.